The Bertz CT molecular complexity index is 632. The first-order valence-corrected chi connectivity index (χ1v) is 9.79. The van der Waals surface area contributed by atoms with E-state index in [1.54, 1.807) is 4.90 Å². The molecule has 0 bridgehead atoms. The summed E-state index contributed by atoms with van der Waals surface area (Å²) in [6.07, 6.45) is 5.43. The fraction of sp³-hybridized carbons (Fsp3) is 0.571. The lowest BCUT2D eigenvalue weighted by Gasteiger charge is -2.28. The van der Waals surface area contributed by atoms with Gasteiger partial charge in [0.25, 0.3) is 0 Å². The van der Waals surface area contributed by atoms with Crippen LogP contribution in [0.25, 0.3) is 0 Å². The average molecular weight is 374 g/mol. The zero-order chi connectivity index (χ0) is 19.6. The van der Waals surface area contributed by atoms with Gasteiger partial charge in [-0.25, -0.2) is 0 Å². The maximum Gasteiger partial charge on any atom is 0.308 e. The minimum atomic E-state index is -0.836. The SMILES string of the molecule is CC(=O)N(CCC(=O)NC1CCCCCCC1C(=O)O)Cc1ccccc1. The fourth-order valence-electron chi connectivity index (χ4n) is 3.62. The molecule has 6 nitrogen and oxygen atoms in total. The van der Waals surface area contributed by atoms with Crippen molar-refractivity contribution in [2.75, 3.05) is 6.54 Å². The van der Waals surface area contributed by atoms with Gasteiger partial charge in [-0.2, -0.15) is 0 Å². The summed E-state index contributed by atoms with van der Waals surface area (Å²) in [5.74, 6) is -1.63. The molecule has 0 heterocycles. The first-order chi connectivity index (χ1) is 13.0. The Balaban J connectivity index is 1.89. The third-order valence-corrected chi connectivity index (χ3v) is 5.20. The van der Waals surface area contributed by atoms with Crippen LogP contribution in [0.5, 0.6) is 0 Å². The molecule has 148 valence electrons. The number of hydrogen-bond acceptors (Lipinski definition) is 3. The summed E-state index contributed by atoms with van der Waals surface area (Å²) in [7, 11) is 0. The van der Waals surface area contributed by atoms with E-state index in [0.717, 1.165) is 31.2 Å². The van der Waals surface area contributed by atoms with Gasteiger partial charge in [-0.15, -0.1) is 0 Å². The van der Waals surface area contributed by atoms with Gasteiger partial charge in [-0.05, 0) is 18.4 Å². The summed E-state index contributed by atoms with van der Waals surface area (Å²) in [4.78, 5) is 37.5. The van der Waals surface area contributed by atoms with Crippen molar-refractivity contribution in [2.45, 2.75) is 64.5 Å². The van der Waals surface area contributed by atoms with Crippen LogP contribution in [0.4, 0.5) is 0 Å². The summed E-state index contributed by atoms with van der Waals surface area (Å²) >= 11 is 0. The van der Waals surface area contributed by atoms with Crippen molar-refractivity contribution in [3.8, 4) is 0 Å². The Kier molecular flexibility index (Phi) is 8.30. The van der Waals surface area contributed by atoms with Crippen molar-refractivity contribution in [2.24, 2.45) is 5.92 Å². The van der Waals surface area contributed by atoms with Gasteiger partial charge in [0, 0.05) is 32.5 Å². The molecule has 1 aromatic rings. The molecular weight excluding hydrogens is 344 g/mol. The number of carbonyl (C=O) groups is 3. The molecule has 2 rings (SSSR count). The number of rotatable bonds is 7. The molecule has 2 amide bonds. The molecule has 0 spiro atoms. The molecule has 2 unspecified atom stereocenters. The largest absolute Gasteiger partial charge is 0.481 e. The lowest BCUT2D eigenvalue weighted by Crippen LogP contribution is -2.45. The zero-order valence-corrected chi connectivity index (χ0v) is 16.0. The Labute approximate surface area is 160 Å². The Hall–Kier alpha value is -2.37. The van der Waals surface area contributed by atoms with Crippen LogP contribution in [0, 0.1) is 5.92 Å². The Morgan fingerprint density at radius 1 is 1.07 bits per heavy atom. The van der Waals surface area contributed by atoms with Crippen molar-refractivity contribution in [1.82, 2.24) is 10.2 Å². The van der Waals surface area contributed by atoms with E-state index >= 15 is 0 Å². The smallest absolute Gasteiger partial charge is 0.308 e. The third kappa shape index (κ3) is 7.04. The quantitative estimate of drug-likeness (QED) is 0.768. The second kappa shape index (κ2) is 10.7. The molecule has 1 fully saturated rings. The van der Waals surface area contributed by atoms with Crippen LogP contribution in [-0.2, 0) is 20.9 Å². The highest BCUT2D eigenvalue weighted by molar-refractivity contribution is 5.79. The number of carboxylic acids is 1. The van der Waals surface area contributed by atoms with E-state index in [-0.39, 0.29) is 24.3 Å². The molecule has 2 atom stereocenters. The van der Waals surface area contributed by atoms with Gasteiger partial charge in [0.1, 0.15) is 0 Å². The van der Waals surface area contributed by atoms with Gasteiger partial charge in [-0.3, -0.25) is 14.4 Å². The minimum Gasteiger partial charge on any atom is -0.481 e. The highest BCUT2D eigenvalue weighted by atomic mass is 16.4. The lowest BCUT2D eigenvalue weighted by molar-refractivity contribution is -0.143. The first-order valence-electron chi connectivity index (χ1n) is 9.79. The molecular formula is C21H30N2O4. The van der Waals surface area contributed by atoms with E-state index < -0.39 is 11.9 Å². The molecule has 2 N–H and O–H groups in total. The monoisotopic (exact) mass is 374 g/mol. The number of nitrogens with one attached hydrogen (secondary N) is 1. The third-order valence-electron chi connectivity index (χ3n) is 5.20. The van der Waals surface area contributed by atoms with Crippen LogP contribution < -0.4 is 5.32 Å². The van der Waals surface area contributed by atoms with E-state index in [9.17, 15) is 19.5 Å². The van der Waals surface area contributed by atoms with Crippen molar-refractivity contribution in [3.63, 3.8) is 0 Å². The maximum atomic E-state index is 12.4. The van der Waals surface area contributed by atoms with E-state index in [1.165, 1.54) is 6.92 Å². The lowest BCUT2D eigenvalue weighted by atomic mass is 9.86. The summed E-state index contributed by atoms with van der Waals surface area (Å²) in [5, 5.41) is 12.4. The summed E-state index contributed by atoms with van der Waals surface area (Å²) in [6, 6.07) is 9.32. The predicted molar refractivity (Wildman–Crippen MR) is 103 cm³/mol. The van der Waals surface area contributed by atoms with Gasteiger partial charge < -0.3 is 15.3 Å². The number of carbonyl (C=O) groups excluding carboxylic acids is 2. The molecule has 0 saturated heterocycles. The number of hydrogen-bond donors (Lipinski definition) is 2. The van der Waals surface area contributed by atoms with E-state index in [0.29, 0.717) is 25.9 Å². The standard InChI is InChI=1S/C21H30N2O4/c1-16(24)23(15-17-9-5-4-6-10-17)14-13-20(25)22-19-12-8-3-2-7-11-18(19)21(26)27/h4-6,9-10,18-19H,2-3,7-8,11-15H2,1H3,(H,22,25)(H,26,27). The molecule has 6 heteroatoms. The number of carboxylic acid groups (broad SMARTS) is 1. The molecule has 0 aliphatic heterocycles. The summed E-state index contributed by atoms with van der Waals surface area (Å²) in [5.41, 5.74) is 1.01. The molecule has 1 aliphatic rings. The van der Waals surface area contributed by atoms with Crippen LogP contribution in [-0.4, -0.2) is 40.4 Å². The molecule has 1 aliphatic carbocycles. The van der Waals surface area contributed by atoms with E-state index in [4.69, 9.17) is 0 Å². The van der Waals surface area contributed by atoms with Crippen molar-refractivity contribution >= 4 is 17.8 Å². The molecule has 0 aromatic heterocycles. The number of aliphatic carboxylic acids is 1. The zero-order valence-electron chi connectivity index (χ0n) is 16.0. The molecule has 1 saturated carbocycles. The number of amides is 2. The number of benzene rings is 1. The highest BCUT2D eigenvalue weighted by Crippen LogP contribution is 2.23. The Morgan fingerprint density at radius 3 is 2.37 bits per heavy atom. The Morgan fingerprint density at radius 2 is 1.74 bits per heavy atom. The normalized spacial score (nSPS) is 20.2. The summed E-state index contributed by atoms with van der Waals surface area (Å²) < 4.78 is 0. The van der Waals surface area contributed by atoms with Gasteiger partial charge in [-0.1, -0.05) is 56.0 Å². The van der Waals surface area contributed by atoms with E-state index in [2.05, 4.69) is 5.32 Å². The van der Waals surface area contributed by atoms with Gasteiger partial charge in [0.15, 0.2) is 0 Å². The minimum absolute atomic E-state index is 0.0824. The van der Waals surface area contributed by atoms with Crippen LogP contribution in [0.3, 0.4) is 0 Å². The predicted octanol–water partition coefficient (Wildman–Crippen LogP) is 2.96. The van der Waals surface area contributed by atoms with Gasteiger partial charge in [0.05, 0.1) is 5.92 Å². The molecule has 27 heavy (non-hydrogen) atoms. The highest BCUT2D eigenvalue weighted by Gasteiger charge is 2.29. The van der Waals surface area contributed by atoms with Gasteiger partial charge in [0.2, 0.25) is 11.8 Å². The van der Waals surface area contributed by atoms with Crippen LogP contribution in [0.15, 0.2) is 30.3 Å². The second-order valence-corrected chi connectivity index (χ2v) is 7.29. The molecule has 1 aromatic carbocycles. The number of nitrogens with zero attached hydrogens (tertiary/aromatic N) is 1. The molecule has 0 radical (unpaired) electrons. The first kappa shape index (κ1) is 20.9. The van der Waals surface area contributed by atoms with Crippen molar-refractivity contribution < 1.29 is 19.5 Å². The maximum absolute atomic E-state index is 12.4. The topological polar surface area (TPSA) is 86.7 Å². The average Bonchev–Trinajstić information content (AvgIpc) is 2.61. The van der Waals surface area contributed by atoms with Crippen LogP contribution in [0.2, 0.25) is 0 Å². The van der Waals surface area contributed by atoms with E-state index in [1.807, 2.05) is 30.3 Å². The van der Waals surface area contributed by atoms with Crippen molar-refractivity contribution in [1.29, 1.82) is 0 Å². The van der Waals surface area contributed by atoms with Crippen LogP contribution >= 0.6 is 0 Å². The van der Waals surface area contributed by atoms with Crippen LogP contribution in [0.1, 0.15) is 57.4 Å². The fourth-order valence-corrected chi connectivity index (χ4v) is 3.62. The van der Waals surface area contributed by atoms with Crippen molar-refractivity contribution in [3.05, 3.63) is 35.9 Å². The summed E-state index contributed by atoms with van der Waals surface area (Å²) in [6.45, 7) is 2.28. The second-order valence-electron chi connectivity index (χ2n) is 7.29. The van der Waals surface area contributed by atoms with Gasteiger partial charge >= 0.3 is 5.97 Å².